The van der Waals surface area contributed by atoms with E-state index in [1.807, 2.05) is 19.1 Å². The molecule has 0 saturated carbocycles. The normalized spacial score (nSPS) is 15.4. The standard InChI is InChI=1S/C17H20ClN5O/c1-12-3-4-14(13(18)9-12)21-17(24)15-10-16(20-11-19-15)23-7-5-22(2)6-8-23/h3-4,9-11H,5-8H2,1-2H3,(H,21,24). The Hall–Kier alpha value is -2.18. The third-order valence-electron chi connectivity index (χ3n) is 4.09. The summed E-state index contributed by atoms with van der Waals surface area (Å²) in [5, 5.41) is 3.31. The summed E-state index contributed by atoms with van der Waals surface area (Å²) in [6, 6.07) is 7.23. The number of carbonyl (C=O) groups is 1. The molecule has 126 valence electrons. The van der Waals surface area contributed by atoms with E-state index in [2.05, 4.69) is 32.1 Å². The summed E-state index contributed by atoms with van der Waals surface area (Å²) in [7, 11) is 2.10. The maximum Gasteiger partial charge on any atom is 0.274 e. The van der Waals surface area contributed by atoms with Gasteiger partial charge in [-0.2, -0.15) is 0 Å². The predicted octanol–water partition coefficient (Wildman–Crippen LogP) is 2.44. The van der Waals surface area contributed by atoms with Gasteiger partial charge >= 0.3 is 0 Å². The maximum atomic E-state index is 12.5. The molecule has 0 unspecified atom stereocenters. The average Bonchev–Trinajstić information content (AvgIpc) is 2.58. The van der Waals surface area contributed by atoms with Gasteiger partial charge in [-0.3, -0.25) is 4.79 Å². The number of nitrogens with one attached hydrogen (secondary N) is 1. The predicted molar refractivity (Wildman–Crippen MR) is 95.9 cm³/mol. The number of hydrogen-bond acceptors (Lipinski definition) is 5. The van der Waals surface area contributed by atoms with Crippen molar-refractivity contribution in [2.24, 2.45) is 0 Å². The second-order valence-electron chi connectivity index (χ2n) is 5.99. The van der Waals surface area contributed by atoms with Gasteiger partial charge in [0.2, 0.25) is 0 Å². The lowest BCUT2D eigenvalue weighted by atomic mass is 10.2. The summed E-state index contributed by atoms with van der Waals surface area (Å²) in [5.41, 5.74) is 1.94. The second-order valence-corrected chi connectivity index (χ2v) is 6.40. The van der Waals surface area contributed by atoms with Gasteiger partial charge in [0.05, 0.1) is 10.7 Å². The number of anilines is 2. The third-order valence-corrected chi connectivity index (χ3v) is 4.40. The van der Waals surface area contributed by atoms with Gasteiger partial charge in [0.15, 0.2) is 0 Å². The minimum absolute atomic E-state index is 0.293. The fraction of sp³-hybridized carbons (Fsp3) is 0.353. The lowest BCUT2D eigenvalue weighted by molar-refractivity contribution is 0.102. The first-order valence-corrected chi connectivity index (χ1v) is 8.24. The van der Waals surface area contributed by atoms with Crippen LogP contribution in [0.2, 0.25) is 5.02 Å². The number of hydrogen-bond donors (Lipinski definition) is 1. The van der Waals surface area contributed by atoms with E-state index < -0.39 is 0 Å². The van der Waals surface area contributed by atoms with E-state index in [0.717, 1.165) is 37.6 Å². The molecule has 6 nitrogen and oxygen atoms in total. The van der Waals surface area contributed by atoms with Gasteiger partial charge in [0.1, 0.15) is 17.8 Å². The molecule has 1 N–H and O–H groups in total. The van der Waals surface area contributed by atoms with Crippen molar-refractivity contribution in [1.82, 2.24) is 14.9 Å². The molecule has 2 heterocycles. The van der Waals surface area contributed by atoms with Crippen molar-refractivity contribution >= 4 is 29.0 Å². The van der Waals surface area contributed by atoms with Crippen LogP contribution in [0, 0.1) is 6.92 Å². The SMILES string of the molecule is Cc1ccc(NC(=O)c2cc(N3CCN(C)CC3)ncn2)c(Cl)c1. The number of likely N-dealkylation sites (N-methyl/N-ethyl adjacent to an activating group) is 1. The Kier molecular flexibility index (Phi) is 4.97. The van der Waals surface area contributed by atoms with Crippen LogP contribution in [0.4, 0.5) is 11.5 Å². The van der Waals surface area contributed by atoms with Crippen molar-refractivity contribution in [1.29, 1.82) is 0 Å². The highest BCUT2D eigenvalue weighted by molar-refractivity contribution is 6.34. The van der Waals surface area contributed by atoms with E-state index >= 15 is 0 Å². The zero-order chi connectivity index (χ0) is 17.1. The first-order chi connectivity index (χ1) is 11.5. The van der Waals surface area contributed by atoms with Crippen LogP contribution in [0.5, 0.6) is 0 Å². The number of amides is 1. The highest BCUT2D eigenvalue weighted by Gasteiger charge is 2.17. The van der Waals surface area contributed by atoms with Crippen LogP contribution in [0.1, 0.15) is 16.1 Å². The first kappa shape index (κ1) is 16.7. The Labute approximate surface area is 146 Å². The number of aryl methyl sites for hydroxylation is 1. The largest absolute Gasteiger partial charge is 0.354 e. The molecule has 1 aromatic heterocycles. The Balaban J connectivity index is 1.74. The fourth-order valence-electron chi connectivity index (χ4n) is 2.59. The Morgan fingerprint density at radius 1 is 1.17 bits per heavy atom. The van der Waals surface area contributed by atoms with Crippen molar-refractivity contribution in [3.63, 3.8) is 0 Å². The van der Waals surface area contributed by atoms with Crippen molar-refractivity contribution in [3.8, 4) is 0 Å². The van der Waals surface area contributed by atoms with Gasteiger partial charge in [0, 0.05) is 32.2 Å². The Morgan fingerprint density at radius 2 is 1.92 bits per heavy atom. The third kappa shape index (κ3) is 3.83. The number of benzene rings is 1. The van der Waals surface area contributed by atoms with E-state index in [1.165, 1.54) is 6.33 Å². The van der Waals surface area contributed by atoms with Gasteiger partial charge in [-0.25, -0.2) is 9.97 Å². The maximum absolute atomic E-state index is 12.5. The monoisotopic (exact) mass is 345 g/mol. The molecule has 0 bridgehead atoms. The van der Waals surface area contributed by atoms with E-state index in [1.54, 1.807) is 12.1 Å². The van der Waals surface area contributed by atoms with Crippen LogP contribution < -0.4 is 10.2 Å². The fourth-order valence-corrected chi connectivity index (χ4v) is 2.87. The highest BCUT2D eigenvalue weighted by atomic mass is 35.5. The van der Waals surface area contributed by atoms with Crippen molar-refractivity contribution < 1.29 is 4.79 Å². The van der Waals surface area contributed by atoms with Crippen LogP contribution in [0.15, 0.2) is 30.6 Å². The lowest BCUT2D eigenvalue weighted by Gasteiger charge is -2.33. The molecule has 3 rings (SSSR count). The molecule has 0 aliphatic carbocycles. The van der Waals surface area contributed by atoms with Crippen molar-refractivity contribution in [2.75, 3.05) is 43.4 Å². The molecule has 2 aromatic rings. The highest BCUT2D eigenvalue weighted by Crippen LogP contribution is 2.23. The summed E-state index contributed by atoms with van der Waals surface area (Å²) in [4.78, 5) is 25.3. The van der Waals surface area contributed by atoms with Crippen LogP contribution in [-0.2, 0) is 0 Å². The van der Waals surface area contributed by atoms with E-state index in [0.29, 0.717) is 16.4 Å². The molecule has 0 atom stereocenters. The number of carbonyl (C=O) groups excluding carboxylic acids is 1. The smallest absolute Gasteiger partial charge is 0.274 e. The molecule has 1 fully saturated rings. The van der Waals surface area contributed by atoms with Crippen LogP contribution in [-0.4, -0.2) is 54.0 Å². The summed E-state index contributed by atoms with van der Waals surface area (Å²) in [6.45, 7) is 5.68. The molecule has 1 aliphatic heterocycles. The molecule has 0 spiro atoms. The second kappa shape index (κ2) is 7.15. The Morgan fingerprint density at radius 3 is 2.62 bits per heavy atom. The van der Waals surface area contributed by atoms with E-state index in [-0.39, 0.29) is 5.91 Å². The van der Waals surface area contributed by atoms with Crippen molar-refractivity contribution in [3.05, 3.63) is 46.9 Å². The van der Waals surface area contributed by atoms with Gasteiger partial charge in [-0.15, -0.1) is 0 Å². The zero-order valence-electron chi connectivity index (χ0n) is 13.8. The van der Waals surface area contributed by atoms with Crippen LogP contribution in [0.3, 0.4) is 0 Å². The molecule has 7 heteroatoms. The minimum Gasteiger partial charge on any atom is -0.354 e. The van der Waals surface area contributed by atoms with Gasteiger partial charge in [0.25, 0.3) is 5.91 Å². The summed E-state index contributed by atoms with van der Waals surface area (Å²) >= 11 is 6.17. The molecule has 1 amide bonds. The zero-order valence-corrected chi connectivity index (χ0v) is 14.5. The van der Waals surface area contributed by atoms with Gasteiger partial charge in [-0.05, 0) is 31.7 Å². The van der Waals surface area contributed by atoms with Crippen LogP contribution in [0.25, 0.3) is 0 Å². The number of aromatic nitrogens is 2. The molecular formula is C17H20ClN5O. The molecular weight excluding hydrogens is 326 g/mol. The first-order valence-electron chi connectivity index (χ1n) is 7.86. The average molecular weight is 346 g/mol. The quantitative estimate of drug-likeness (QED) is 0.925. The molecule has 24 heavy (non-hydrogen) atoms. The summed E-state index contributed by atoms with van der Waals surface area (Å²) in [6.07, 6.45) is 1.43. The summed E-state index contributed by atoms with van der Waals surface area (Å²) < 4.78 is 0. The summed E-state index contributed by atoms with van der Waals surface area (Å²) in [5.74, 6) is 0.483. The minimum atomic E-state index is -0.293. The molecule has 1 aromatic carbocycles. The molecule has 0 radical (unpaired) electrons. The number of nitrogens with zero attached hydrogens (tertiary/aromatic N) is 4. The van der Waals surface area contributed by atoms with E-state index in [9.17, 15) is 4.79 Å². The Bertz CT molecular complexity index is 744. The van der Waals surface area contributed by atoms with Gasteiger partial charge in [-0.1, -0.05) is 17.7 Å². The topological polar surface area (TPSA) is 61.4 Å². The van der Waals surface area contributed by atoms with Gasteiger partial charge < -0.3 is 15.1 Å². The van der Waals surface area contributed by atoms with Crippen molar-refractivity contribution in [2.45, 2.75) is 6.92 Å². The van der Waals surface area contributed by atoms with E-state index in [4.69, 9.17) is 11.6 Å². The molecule has 1 saturated heterocycles. The van der Waals surface area contributed by atoms with Crippen LogP contribution >= 0.6 is 11.6 Å². The lowest BCUT2D eigenvalue weighted by Crippen LogP contribution is -2.44. The molecule has 1 aliphatic rings. The number of rotatable bonds is 3. The number of piperazine rings is 1. The number of halogens is 1.